The predicted molar refractivity (Wildman–Crippen MR) is 126 cm³/mol. The van der Waals surface area contributed by atoms with Crippen molar-refractivity contribution in [2.75, 3.05) is 37.7 Å². The first kappa shape index (κ1) is 22.9. The van der Waals surface area contributed by atoms with E-state index in [1.807, 2.05) is 0 Å². The molecule has 8 nitrogen and oxygen atoms in total. The molecule has 1 fully saturated rings. The number of Topliss-reactive ketones (excluding diaryl/α,β-unsaturated/α-hetero) is 1. The minimum absolute atomic E-state index is 0.0839. The molecule has 0 radical (unpaired) electrons. The van der Waals surface area contributed by atoms with Crippen LogP contribution in [0.25, 0.3) is 0 Å². The third kappa shape index (κ3) is 4.42. The second-order valence-corrected chi connectivity index (χ2v) is 10.8. The van der Waals surface area contributed by atoms with Crippen LogP contribution in [0.15, 0.2) is 41.3 Å². The van der Waals surface area contributed by atoms with Crippen molar-refractivity contribution in [2.24, 2.45) is 0 Å². The first-order valence-electron chi connectivity index (χ1n) is 11.8. The van der Waals surface area contributed by atoms with E-state index in [9.17, 15) is 18.0 Å². The molecule has 2 aromatic carbocycles. The number of carbonyl (C=O) groups is 2. The quantitative estimate of drug-likeness (QED) is 0.585. The average molecular weight is 485 g/mol. The highest BCUT2D eigenvalue weighted by molar-refractivity contribution is 7.89. The summed E-state index contributed by atoms with van der Waals surface area (Å²) in [6.45, 7) is 2.53. The Morgan fingerprint density at radius 3 is 2.41 bits per heavy atom. The second kappa shape index (κ2) is 9.38. The zero-order chi connectivity index (χ0) is 23.7. The maximum atomic E-state index is 13.0. The fraction of sp³-hybridized carbons (Fsp3) is 0.440. The van der Waals surface area contributed by atoms with E-state index >= 15 is 0 Å². The minimum Gasteiger partial charge on any atom is -0.486 e. The fourth-order valence-corrected chi connectivity index (χ4v) is 6.34. The van der Waals surface area contributed by atoms with Crippen LogP contribution in [0.3, 0.4) is 0 Å². The number of hydrogen-bond donors (Lipinski definition) is 0. The molecule has 0 saturated carbocycles. The minimum atomic E-state index is -3.51. The Bertz CT molecular complexity index is 1220. The van der Waals surface area contributed by atoms with Gasteiger partial charge in [-0.25, -0.2) is 8.42 Å². The highest BCUT2D eigenvalue weighted by Crippen LogP contribution is 2.33. The number of rotatable bonds is 6. The van der Waals surface area contributed by atoms with Gasteiger partial charge in [0.2, 0.25) is 15.9 Å². The number of amides is 1. The molecule has 3 heterocycles. The summed E-state index contributed by atoms with van der Waals surface area (Å²) < 4.78 is 38.6. The van der Waals surface area contributed by atoms with Crippen molar-refractivity contribution in [1.82, 2.24) is 4.31 Å². The average Bonchev–Trinajstić information content (AvgIpc) is 3.31. The molecule has 3 aliphatic rings. The molecular formula is C25H28N2O6S. The summed E-state index contributed by atoms with van der Waals surface area (Å²) in [7, 11) is -3.51. The van der Waals surface area contributed by atoms with Gasteiger partial charge >= 0.3 is 0 Å². The van der Waals surface area contributed by atoms with Gasteiger partial charge in [-0.05, 0) is 61.2 Å². The van der Waals surface area contributed by atoms with E-state index in [0.29, 0.717) is 56.3 Å². The zero-order valence-corrected chi connectivity index (χ0v) is 19.8. The van der Waals surface area contributed by atoms with E-state index in [4.69, 9.17) is 9.47 Å². The molecule has 180 valence electrons. The maximum absolute atomic E-state index is 13.0. The van der Waals surface area contributed by atoms with Gasteiger partial charge in [0.15, 0.2) is 17.3 Å². The van der Waals surface area contributed by atoms with Crippen LogP contribution >= 0.6 is 0 Å². The number of ether oxygens (including phenoxy) is 2. The van der Waals surface area contributed by atoms with E-state index in [1.54, 1.807) is 45.6 Å². The molecule has 0 atom stereocenters. The number of anilines is 1. The van der Waals surface area contributed by atoms with Crippen molar-refractivity contribution in [3.05, 3.63) is 47.5 Å². The van der Waals surface area contributed by atoms with Gasteiger partial charge in [0.25, 0.3) is 0 Å². The number of fused-ring (bicyclic) bond motifs is 2. The summed E-state index contributed by atoms with van der Waals surface area (Å²) in [5.74, 6) is 0.894. The highest BCUT2D eigenvalue weighted by Gasteiger charge is 2.30. The van der Waals surface area contributed by atoms with Crippen molar-refractivity contribution in [2.45, 2.75) is 43.4 Å². The third-order valence-electron chi connectivity index (χ3n) is 6.63. The zero-order valence-electron chi connectivity index (χ0n) is 19.0. The monoisotopic (exact) mass is 484 g/mol. The van der Waals surface area contributed by atoms with Gasteiger partial charge in [0, 0.05) is 43.7 Å². The third-order valence-corrected chi connectivity index (χ3v) is 8.53. The summed E-state index contributed by atoms with van der Waals surface area (Å²) in [5.41, 5.74) is 2.07. The molecule has 0 spiro atoms. The van der Waals surface area contributed by atoms with E-state index in [1.165, 1.54) is 0 Å². The van der Waals surface area contributed by atoms with Crippen molar-refractivity contribution in [3.63, 3.8) is 0 Å². The summed E-state index contributed by atoms with van der Waals surface area (Å²) in [6.07, 6.45) is 3.60. The van der Waals surface area contributed by atoms with Crippen LogP contribution in [0.5, 0.6) is 11.5 Å². The van der Waals surface area contributed by atoms with Crippen LogP contribution in [0.1, 0.15) is 48.0 Å². The standard InChI is InChI=1S/C25H28N2O6S/c28-22(19-4-8-23-24(17-19)33-15-14-32-23)7-9-25(29)27-13-10-18-16-20(5-6-21(18)27)34(30,31)26-11-2-1-3-12-26/h4-6,8,16-17H,1-3,7,9-15H2. The Hall–Kier alpha value is -2.91. The molecule has 0 N–H and O–H groups in total. The smallest absolute Gasteiger partial charge is 0.243 e. The maximum Gasteiger partial charge on any atom is 0.243 e. The Kier molecular flexibility index (Phi) is 6.31. The van der Waals surface area contributed by atoms with Crippen molar-refractivity contribution < 1.29 is 27.5 Å². The number of sulfonamides is 1. The first-order chi connectivity index (χ1) is 16.4. The van der Waals surface area contributed by atoms with Crippen molar-refractivity contribution in [1.29, 1.82) is 0 Å². The summed E-state index contributed by atoms with van der Waals surface area (Å²) in [5, 5.41) is 0. The lowest BCUT2D eigenvalue weighted by atomic mass is 10.1. The van der Waals surface area contributed by atoms with Crippen LogP contribution in [0, 0.1) is 0 Å². The van der Waals surface area contributed by atoms with E-state index in [0.717, 1.165) is 30.5 Å². The molecule has 0 bridgehead atoms. The van der Waals surface area contributed by atoms with Crippen LogP contribution in [-0.4, -0.2) is 57.3 Å². The molecule has 1 saturated heterocycles. The fourth-order valence-electron chi connectivity index (χ4n) is 4.77. The molecule has 0 unspecified atom stereocenters. The van der Waals surface area contributed by atoms with Gasteiger partial charge in [-0.2, -0.15) is 4.31 Å². The molecule has 1 amide bonds. The molecule has 0 aromatic heterocycles. The number of nitrogens with zero attached hydrogens (tertiary/aromatic N) is 2. The Balaban J connectivity index is 1.24. The van der Waals surface area contributed by atoms with Gasteiger partial charge < -0.3 is 14.4 Å². The summed E-state index contributed by atoms with van der Waals surface area (Å²) in [6, 6.07) is 10.1. The van der Waals surface area contributed by atoms with Crippen molar-refractivity contribution in [3.8, 4) is 11.5 Å². The van der Waals surface area contributed by atoms with Gasteiger partial charge in [0.1, 0.15) is 13.2 Å². The Morgan fingerprint density at radius 1 is 0.853 bits per heavy atom. The van der Waals surface area contributed by atoms with Crippen LogP contribution < -0.4 is 14.4 Å². The van der Waals surface area contributed by atoms with Crippen LogP contribution in [-0.2, 0) is 21.2 Å². The highest BCUT2D eigenvalue weighted by atomic mass is 32.2. The number of ketones is 1. The molecule has 5 rings (SSSR count). The lowest BCUT2D eigenvalue weighted by molar-refractivity contribution is -0.118. The molecule has 9 heteroatoms. The largest absolute Gasteiger partial charge is 0.486 e. The lowest BCUT2D eigenvalue weighted by Gasteiger charge is -2.26. The molecule has 0 aliphatic carbocycles. The molecule has 34 heavy (non-hydrogen) atoms. The number of piperidine rings is 1. The Morgan fingerprint density at radius 2 is 1.62 bits per heavy atom. The lowest BCUT2D eigenvalue weighted by Crippen LogP contribution is -2.35. The molecule has 3 aliphatic heterocycles. The molecule has 2 aromatic rings. The van der Waals surface area contributed by atoms with E-state index in [-0.39, 0.29) is 29.4 Å². The molecular weight excluding hydrogens is 456 g/mol. The Labute approximate surface area is 199 Å². The van der Waals surface area contributed by atoms with Gasteiger partial charge in [-0.15, -0.1) is 0 Å². The normalized spacial score (nSPS) is 17.9. The number of hydrogen-bond acceptors (Lipinski definition) is 6. The predicted octanol–water partition coefficient (Wildman–Crippen LogP) is 3.18. The second-order valence-electron chi connectivity index (χ2n) is 8.83. The van der Waals surface area contributed by atoms with Gasteiger partial charge in [-0.3, -0.25) is 9.59 Å². The first-order valence-corrected chi connectivity index (χ1v) is 13.2. The van der Waals surface area contributed by atoms with Crippen LogP contribution in [0.2, 0.25) is 0 Å². The van der Waals surface area contributed by atoms with E-state index in [2.05, 4.69) is 0 Å². The SMILES string of the molecule is O=C(CCC(=O)N1CCc2cc(S(=O)(=O)N3CCCCC3)ccc21)c1ccc2c(c1)OCCO2. The summed E-state index contributed by atoms with van der Waals surface area (Å²) >= 11 is 0. The number of benzene rings is 2. The topological polar surface area (TPSA) is 93.2 Å². The number of carbonyl (C=O) groups excluding carboxylic acids is 2. The van der Waals surface area contributed by atoms with Crippen LogP contribution in [0.4, 0.5) is 5.69 Å². The summed E-state index contributed by atoms with van der Waals surface area (Å²) in [4.78, 5) is 27.5. The van der Waals surface area contributed by atoms with Crippen molar-refractivity contribution >= 4 is 27.4 Å². The van der Waals surface area contributed by atoms with E-state index < -0.39 is 10.0 Å². The van der Waals surface area contributed by atoms with Gasteiger partial charge in [0.05, 0.1) is 4.90 Å². The van der Waals surface area contributed by atoms with Gasteiger partial charge in [-0.1, -0.05) is 6.42 Å².